The van der Waals surface area contributed by atoms with Crippen molar-refractivity contribution in [3.05, 3.63) is 30.0 Å². The number of aliphatic imine (C=N–C) groups is 2. The molecule has 24 heavy (non-hydrogen) atoms. The molecule has 1 aliphatic heterocycles. The van der Waals surface area contributed by atoms with Crippen LogP contribution >= 0.6 is 0 Å². The molecule has 2 heterocycles. The molecule has 1 aromatic carbocycles. The van der Waals surface area contributed by atoms with Gasteiger partial charge in [0, 0.05) is 55.1 Å². The van der Waals surface area contributed by atoms with Crippen LogP contribution in [0.25, 0.3) is 10.9 Å². The van der Waals surface area contributed by atoms with Crippen LogP contribution in [0.3, 0.4) is 0 Å². The number of amidine groups is 1. The number of rotatable bonds is 5. The maximum absolute atomic E-state index is 4.76. The van der Waals surface area contributed by atoms with Gasteiger partial charge in [0.15, 0.2) is 0 Å². The average Bonchev–Trinajstić information content (AvgIpc) is 2.82. The van der Waals surface area contributed by atoms with Gasteiger partial charge in [0.1, 0.15) is 12.0 Å². The summed E-state index contributed by atoms with van der Waals surface area (Å²) in [7, 11) is 6.34. The molecule has 0 saturated carbocycles. The van der Waals surface area contributed by atoms with E-state index in [1.807, 2.05) is 13.1 Å². The second-order valence-corrected chi connectivity index (χ2v) is 6.79. The van der Waals surface area contributed by atoms with E-state index >= 15 is 0 Å². The maximum Gasteiger partial charge on any atom is 0.128 e. The van der Waals surface area contributed by atoms with Crippen LogP contribution < -0.4 is 4.90 Å². The number of hydrogen-bond donors (Lipinski definition) is 0. The molecule has 1 aromatic heterocycles. The first-order valence-electron chi connectivity index (χ1n) is 8.50. The number of nitrogens with zero attached hydrogens (tertiary/aromatic N) is 5. The van der Waals surface area contributed by atoms with Crippen molar-refractivity contribution in [1.29, 1.82) is 0 Å². The highest BCUT2D eigenvalue weighted by molar-refractivity contribution is 5.90. The Morgan fingerprint density at radius 2 is 1.96 bits per heavy atom. The summed E-state index contributed by atoms with van der Waals surface area (Å²) in [5.41, 5.74) is 3.78. The van der Waals surface area contributed by atoms with Gasteiger partial charge in [-0.2, -0.15) is 0 Å². The fraction of sp³-hybridized carbons (Fsp3) is 0.474. The first kappa shape index (κ1) is 16.7. The van der Waals surface area contributed by atoms with Crippen molar-refractivity contribution < 1.29 is 0 Å². The van der Waals surface area contributed by atoms with E-state index < -0.39 is 0 Å². The third-order valence-electron chi connectivity index (χ3n) is 4.68. The lowest BCUT2D eigenvalue weighted by molar-refractivity contribution is 0.405. The van der Waals surface area contributed by atoms with Gasteiger partial charge in [-0.3, -0.25) is 0 Å². The van der Waals surface area contributed by atoms with Crippen LogP contribution in [0.1, 0.15) is 19.0 Å². The topological polar surface area (TPSA) is 36.1 Å². The summed E-state index contributed by atoms with van der Waals surface area (Å²) >= 11 is 0. The van der Waals surface area contributed by atoms with E-state index in [4.69, 9.17) is 4.99 Å². The lowest BCUT2D eigenvalue weighted by Gasteiger charge is -2.33. The van der Waals surface area contributed by atoms with Crippen LogP contribution in [0.2, 0.25) is 0 Å². The van der Waals surface area contributed by atoms with Crippen molar-refractivity contribution in [3.8, 4) is 0 Å². The van der Waals surface area contributed by atoms with Crippen molar-refractivity contribution in [1.82, 2.24) is 9.47 Å². The van der Waals surface area contributed by atoms with Crippen molar-refractivity contribution >= 4 is 28.6 Å². The molecule has 0 aliphatic carbocycles. The SMILES string of the molecule is CC1=NC(N(CCN(C)C)c2ccc3c(c2)cc(C)n3C)CC=N1. The molecule has 128 valence electrons. The highest BCUT2D eigenvalue weighted by atomic mass is 15.3. The van der Waals surface area contributed by atoms with E-state index in [0.717, 1.165) is 25.3 Å². The molecule has 1 unspecified atom stereocenters. The smallest absolute Gasteiger partial charge is 0.128 e. The Hall–Kier alpha value is -2.14. The molecule has 0 fully saturated rings. The van der Waals surface area contributed by atoms with Gasteiger partial charge in [-0.25, -0.2) is 9.98 Å². The third-order valence-corrected chi connectivity index (χ3v) is 4.68. The molecule has 0 amide bonds. The van der Waals surface area contributed by atoms with Gasteiger partial charge in [-0.05, 0) is 52.2 Å². The Balaban J connectivity index is 1.96. The fourth-order valence-corrected chi connectivity index (χ4v) is 3.19. The number of fused-ring (bicyclic) bond motifs is 1. The van der Waals surface area contributed by atoms with Gasteiger partial charge in [-0.1, -0.05) is 0 Å². The zero-order valence-electron chi connectivity index (χ0n) is 15.3. The molecule has 1 atom stereocenters. The van der Waals surface area contributed by atoms with Crippen molar-refractivity contribution in [2.24, 2.45) is 17.0 Å². The summed E-state index contributed by atoms with van der Waals surface area (Å²) in [4.78, 5) is 13.7. The minimum Gasteiger partial charge on any atom is -0.348 e. The number of anilines is 1. The van der Waals surface area contributed by atoms with Crippen LogP contribution in [-0.4, -0.2) is 54.9 Å². The second-order valence-electron chi connectivity index (χ2n) is 6.79. The molecule has 0 saturated heterocycles. The number of likely N-dealkylation sites (N-methyl/N-ethyl adjacent to an activating group) is 1. The molecule has 0 spiro atoms. The standard InChI is InChI=1S/C19H27N5/c1-14-12-16-13-17(6-7-18(16)23(14)5)24(11-10-22(3)4)19-8-9-20-15(2)21-19/h6-7,9,12-13,19H,8,10-11H2,1-5H3. The van der Waals surface area contributed by atoms with E-state index in [9.17, 15) is 0 Å². The van der Waals surface area contributed by atoms with Crippen LogP contribution in [0.15, 0.2) is 34.3 Å². The quantitative estimate of drug-likeness (QED) is 0.847. The Labute approximate surface area is 144 Å². The molecule has 0 bridgehead atoms. The number of aromatic nitrogens is 1. The number of benzene rings is 1. The van der Waals surface area contributed by atoms with Crippen LogP contribution in [0.4, 0.5) is 5.69 Å². The van der Waals surface area contributed by atoms with Gasteiger partial charge in [0.05, 0.1) is 0 Å². The van der Waals surface area contributed by atoms with Gasteiger partial charge < -0.3 is 14.4 Å². The molecular weight excluding hydrogens is 298 g/mol. The molecular formula is C19H27N5. The molecule has 5 nitrogen and oxygen atoms in total. The lowest BCUT2D eigenvalue weighted by Crippen LogP contribution is -2.40. The summed E-state index contributed by atoms with van der Waals surface area (Å²) in [5, 5.41) is 1.28. The molecule has 2 aromatic rings. The lowest BCUT2D eigenvalue weighted by atomic mass is 10.2. The van der Waals surface area contributed by atoms with Crippen LogP contribution in [0.5, 0.6) is 0 Å². The minimum atomic E-state index is 0.129. The van der Waals surface area contributed by atoms with Gasteiger partial charge in [0.2, 0.25) is 0 Å². The van der Waals surface area contributed by atoms with Crippen LogP contribution in [0, 0.1) is 6.92 Å². The Morgan fingerprint density at radius 3 is 2.67 bits per heavy atom. The monoisotopic (exact) mass is 325 g/mol. The zero-order valence-corrected chi connectivity index (χ0v) is 15.3. The number of aryl methyl sites for hydroxylation is 2. The predicted molar refractivity (Wildman–Crippen MR) is 104 cm³/mol. The largest absolute Gasteiger partial charge is 0.348 e. The molecule has 0 radical (unpaired) electrons. The Kier molecular flexibility index (Phi) is 4.71. The molecule has 0 N–H and O–H groups in total. The molecule has 1 aliphatic rings. The van der Waals surface area contributed by atoms with E-state index in [0.29, 0.717) is 0 Å². The Morgan fingerprint density at radius 1 is 1.17 bits per heavy atom. The van der Waals surface area contributed by atoms with Gasteiger partial charge >= 0.3 is 0 Å². The first-order chi connectivity index (χ1) is 11.5. The van der Waals surface area contributed by atoms with Gasteiger partial charge in [0.25, 0.3) is 0 Å². The van der Waals surface area contributed by atoms with Crippen molar-refractivity contribution in [2.45, 2.75) is 26.4 Å². The summed E-state index contributed by atoms with van der Waals surface area (Å²) in [6, 6.07) is 8.97. The van der Waals surface area contributed by atoms with E-state index in [-0.39, 0.29) is 6.17 Å². The predicted octanol–water partition coefficient (Wildman–Crippen LogP) is 3.07. The van der Waals surface area contributed by atoms with Crippen LogP contribution in [-0.2, 0) is 7.05 Å². The Bertz CT molecular complexity index is 784. The molecule has 5 heteroatoms. The summed E-state index contributed by atoms with van der Waals surface area (Å²) in [5.74, 6) is 0.859. The van der Waals surface area contributed by atoms with E-state index in [1.54, 1.807) is 0 Å². The highest BCUT2D eigenvalue weighted by Gasteiger charge is 2.20. The summed E-state index contributed by atoms with van der Waals surface area (Å²) in [6.45, 7) is 6.05. The maximum atomic E-state index is 4.76. The van der Waals surface area contributed by atoms with E-state index in [1.165, 1.54) is 22.3 Å². The zero-order chi connectivity index (χ0) is 17.3. The minimum absolute atomic E-state index is 0.129. The van der Waals surface area contributed by atoms with Crippen molar-refractivity contribution in [3.63, 3.8) is 0 Å². The highest BCUT2D eigenvalue weighted by Crippen LogP contribution is 2.27. The normalized spacial score (nSPS) is 17.6. The third kappa shape index (κ3) is 3.36. The average molecular weight is 325 g/mol. The summed E-state index contributed by atoms with van der Waals surface area (Å²) < 4.78 is 2.23. The first-order valence-corrected chi connectivity index (χ1v) is 8.50. The summed E-state index contributed by atoms with van der Waals surface area (Å²) in [6.07, 6.45) is 2.97. The molecule has 3 rings (SSSR count). The number of hydrogen-bond acceptors (Lipinski definition) is 4. The second kappa shape index (κ2) is 6.77. The fourth-order valence-electron chi connectivity index (χ4n) is 3.19. The van der Waals surface area contributed by atoms with Crippen molar-refractivity contribution in [2.75, 3.05) is 32.1 Å². The van der Waals surface area contributed by atoms with E-state index in [2.05, 4.69) is 71.7 Å². The van der Waals surface area contributed by atoms with Gasteiger partial charge in [-0.15, -0.1) is 0 Å².